The molecule has 1 saturated heterocycles. The van der Waals surface area contributed by atoms with Crippen LogP contribution in [0, 0.1) is 0 Å². The highest BCUT2D eigenvalue weighted by atomic mass is 16.6. The molecular weight excluding hydrogens is 387 g/mol. The lowest BCUT2D eigenvalue weighted by Gasteiger charge is -2.43. The average molecular weight is 410 g/mol. The predicted octanol–water partition coefficient (Wildman–Crippen LogP) is -1.41. The van der Waals surface area contributed by atoms with Crippen LogP contribution in [0.1, 0.15) is 32.4 Å². The molecule has 0 aliphatic carbocycles. The minimum atomic E-state index is -1.67. The molecule has 3 unspecified atom stereocenters. The molecule has 0 amide bonds. The van der Waals surface area contributed by atoms with Gasteiger partial charge in [0.05, 0.1) is 0 Å². The van der Waals surface area contributed by atoms with E-state index < -0.39 is 55.5 Å². The highest BCUT2D eigenvalue weighted by molar-refractivity contribution is 6.58. The van der Waals surface area contributed by atoms with Crippen molar-refractivity contribution in [3.63, 3.8) is 0 Å². The van der Waals surface area contributed by atoms with Crippen LogP contribution in [0.4, 0.5) is 0 Å². The van der Waals surface area contributed by atoms with Crippen molar-refractivity contribution < 1.29 is 48.5 Å². The molecule has 0 saturated carbocycles. The molecule has 5 atom stereocenters. The number of hydrogen-bond acceptors (Lipinski definition) is 10. The Kier molecular flexibility index (Phi) is 7.74. The Balaban J connectivity index is 2.38. The van der Waals surface area contributed by atoms with Crippen molar-refractivity contribution in [1.29, 1.82) is 0 Å². The molecule has 0 spiro atoms. The van der Waals surface area contributed by atoms with Crippen molar-refractivity contribution in [3.05, 3.63) is 29.8 Å². The van der Waals surface area contributed by atoms with Gasteiger partial charge in [-0.05, 0) is 11.0 Å². The van der Waals surface area contributed by atoms with Gasteiger partial charge in [0.25, 0.3) is 0 Å². The Labute approximate surface area is 167 Å². The van der Waals surface area contributed by atoms with Gasteiger partial charge in [-0.1, -0.05) is 24.3 Å². The van der Waals surface area contributed by atoms with Crippen molar-refractivity contribution in [2.45, 2.75) is 51.3 Å². The third kappa shape index (κ3) is 6.00. The van der Waals surface area contributed by atoms with Gasteiger partial charge in [0.1, 0.15) is 24.9 Å². The quantitative estimate of drug-likeness (QED) is 0.290. The van der Waals surface area contributed by atoms with Gasteiger partial charge < -0.3 is 34.1 Å². The Morgan fingerprint density at radius 1 is 0.966 bits per heavy atom. The Morgan fingerprint density at radius 3 is 2.00 bits per heavy atom. The van der Waals surface area contributed by atoms with Gasteiger partial charge in [-0.25, -0.2) is 0 Å². The fourth-order valence-corrected chi connectivity index (χ4v) is 3.05. The smallest absolute Gasteiger partial charge is 0.463 e. The third-order valence-corrected chi connectivity index (χ3v) is 4.28. The van der Waals surface area contributed by atoms with Crippen LogP contribution in [0.3, 0.4) is 0 Å². The van der Waals surface area contributed by atoms with E-state index in [9.17, 15) is 29.5 Å². The molecule has 1 aromatic rings. The number of aliphatic hydroxyl groups excluding tert-OH is 1. The first-order chi connectivity index (χ1) is 13.6. The van der Waals surface area contributed by atoms with E-state index in [1.165, 1.54) is 31.2 Å². The topological polar surface area (TPSA) is 149 Å². The maximum Gasteiger partial charge on any atom is 0.488 e. The summed E-state index contributed by atoms with van der Waals surface area (Å²) in [5.41, 5.74) is 0.678. The fraction of sp³-hybridized carbons (Fsp3) is 0.500. The van der Waals surface area contributed by atoms with Gasteiger partial charge in [-0.15, -0.1) is 0 Å². The molecule has 3 N–H and O–H groups in total. The first-order valence-electron chi connectivity index (χ1n) is 8.87. The molecule has 11 heteroatoms. The highest BCUT2D eigenvalue weighted by Gasteiger charge is 2.49. The summed E-state index contributed by atoms with van der Waals surface area (Å²) in [6, 6.07) is 5.88. The van der Waals surface area contributed by atoms with Crippen molar-refractivity contribution in [2.75, 3.05) is 6.61 Å². The van der Waals surface area contributed by atoms with Gasteiger partial charge in [0.15, 0.2) is 12.2 Å². The largest absolute Gasteiger partial charge is 0.488 e. The summed E-state index contributed by atoms with van der Waals surface area (Å²) in [6.45, 7) is 3.18. The van der Waals surface area contributed by atoms with Crippen LogP contribution in [0.15, 0.2) is 24.3 Å². The van der Waals surface area contributed by atoms with E-state index in [1.807, 2.05) is 0 Å². The minimum Gasteiger partial charge on any atom is -0.463 e. The SMILES string of the molecule is CC(=O)OCC1O[C@@H](c2ccc(B(O)O)cc2)C(OC(C)=O)C(O)[C@@H]1OC(C)=O. The number of hydrogen-bond donors (Lipinski definition) is 3. The van der Waals surface area contributed by atoms with E-state index in [2.05, 4.69) is 0 Å². The Bertz CT molecular complexity index is 733. The van der Waals surface area contributed by atoms with Crippen molar-refractivity contribution in [2.24, 2.45) is 0 Å². The van der Waals surface area contributed by atoms with Crippen LogP contribution >= 0.6 is 0 Å². The lowest BCUT2D eigenvalue weighted by molar-refractivity contribution is -0.248. The molecule has 1 fully saturated rings. The van der Waals surface area contributed by atoms with E-state index in [-0.39, 0.29) is 12.1 Å². The zero-order valence-electron chi connectivity index (χ0n) is 16.2. The monoisotopic (exact) mass is 410 g/mol. The molecule has 0 bridgehead atoms. The summed E-state index contributed by atoms with van der Waals surface area (Å²) < 4.78 is 21.2. The van der Waals surface area contributed by atoms with E-state index in [1.54, 1.807) is 0 Å². The van der Waals surface area contributed by atoms with Crippen LogP contribution in [-0.4, -0.2) is 71.2 Å². The molecule has 2 rings (SSSR count). The van der Waals surface area contributed by atoms with Crippen molar-refractivity contribution >= 4 is 30.5 Å². The molecule has 0 radical (unpaired) electrons. The molecule has 1 aliphatic heterocycles. The number of esters is 3. The number of aliphatic hydroxyl groups is 1. The van der Waals surface area contributed by atoms with Crippen LogP contribution in [0.25, 0.3) is 0 Å². The molecule has 29 heavy (non-hydrogen) atoms. The van der Waals surface area contributed by atoms with Gasteiger partial charge in [-0.3, -0.25) is 14.4 Å². The average Bonchev–Trinajstić information content (AvgIpc) is 2.63. The highest BCUT2D eigenvalue weighted by Crippen LogP contribution is 2.35. The second kappa shape index (κ2) is 9.83. The first kappa shape index (κ1) is 22.8. The number of ether oxygens (including phenoxy) is 4. The summed E-state index contributed by atoms with van der Waals surface area (Å²) in [5, 5.41) is 29.3. The van der Waals surface area contributed by atoms with Crippen LogP contribution in [-0.2, 0) is 33.3 Å². The van der Waals surface area contributed by atoms with Crippen LogP contribution in [0.2, 0.25) is 0 Å². The molecule has 1 aromatic carbocycles. The van der Waals surface area contributed by atoms with Crippen LogP contribution < -0.4 is 5.46 Å². The Morgan fingerprint density at radius 2 is 1.52 bits per heavy atom. The predicted molar refractivity (Wildman–Crippen MR) is 97.6 cm³/mol. The number of rotatable bonds is 6. The number of benzene rings is 1. The maximum absolute atomic E-state index is 11.6. The number of carbonyl (C=O) groups is 3. The first-order valence-corrected chi connectivity index (χ1v) is 8.87. The van der Waals surface area contributed by atoms with Gasteiger partial charge >= 0.3 is 25.0 Å². The number of carbonyl (C=O) groups excluding carboxylic acids is 3. The summed E-state index contributed by atoms with van der Waals surface area (Å²) >= 11 is 0. The van der Waals surface area contributed by atoms with E-state index in [4.69, 9.17) is 18.9 Å². The molecule has 10 nitrogen and oxygen atoms in total. The normalized spacial score (nSPS) is 26.3. The zero-order chi connectivity index (χ0) is 21.7. The lowest BCUT2D eigenvalue weighted by atomic mass is 9.79. The molecule has 0 aromatic heterocycles. The summed E-state index contributed by atoms with van der Waals surface area (Å²) in [5.74, 6) is -1.98. The molecular formula is C18H23BO10. The van der Waals surface area contributed by atoms with E-state index in [0.717, 1.165) is 13.8 Å². The summed E-state index contributed by atoms with van der Waals surface area (Å²) in [4.78, 5) is 34.2. The van der Waals surface area contributed by atoms with Gasteiger partial charge in [-0.2, -0.15) is 0 Å². The second-order valence-corrected chi connectivity index (χ2v) is 6.58. The molecule has 1 heterocycles. The maximum atomic E-state index is 11.6. The second-order valence-electron chi connectivity index (χ2n) is 6.58. The van der Waals surface area contributed by atoms with Gasteiger partial charge in [0.2, 0.25) is 0 Å². The zero-order valence-corrected chi connectivity index (χ0v) is 16.2. The lowest BCUT2D eigenvalue weighted by Crippen LogP contribution is -2.58. The van der Waals surface area contributed by atoms with Crippen LogP contribution in [0.5, 0.6) is 0 Å². The molecule has 1 aliphatic rings. The summed E-state index contributed by atoms with van der Waals surface area (Å²) in [6.07, 6.45) is -5.96. The summed E-state index contributed by atoms with van der Waals surface area (Å²) in [7, 11) is -1.67. The van der Waals surface area contributed by atoms with Crippen molar-refractivity contribution in [3.8, 4) is 0 Å². The molecule has 158 valence electrons. The van der Waals surface area contributed by atoms with E-state index in [0.29, 0.717) is 5.56 Å². The Hall–Kier alpha value is -2.47. The minimum absolute atomic E-state index is 0.225. The van der Waals surface area contributed by atoms with Gasteiger partial charge in [0, 0.05) is 20.8 Å². The fourth-order valence-electron chi connectivity index (χ4n) is 3.05. The van der Waals surface area contributed by atoms with Crippen molar-refractivity contribution in [1.82, 2.24) is 0 Å². The standard InChI is InChI=1S/C18H23BO10/c1-9(20)26-8-14-17(27-10(2)21)15(23)18(28-11(3)22)16(29-14)12-4-6-13(7-5-12)19(24)25/h4-7,14-18,23-25H,8H2,1-3H3/t14?,15?,16-,17+,18?/m0/s1. The third-order valence-electron chi connectivity index (χ3n) is 4.28. The van der Waals surface area contributed by atoms with E-state index >= 15 is 0 Å².